The number of ether oxygens (including phenoxy) is 2. The van der Waals surface area contributed by atoms with Crippen LogP contribution in [0.2, 0.25) is 0 Å². The maximum Gasteiger partial charge on any atom is 0.169 e. The van der Waals surface area contributed by atoms with E-state index in [1.807, 2.05) is 0 Å². The van der Waals surface area contributed by atoms with Crippen molar-refractivity contribution in [3.8, 4) is 0 Å². The Morgan fingerprint density at radius 2 is 1.47 bits per heavy atom. The number of hydrogen-bond donors (Lipinski definition) is 1. The molecule has 15 heavy (non-hydrogen) atoms. The molecule has 0 unspecified atom stereocenters. The number of hydrogen-bond acceptors (Lipinski definition) is 3. The van der Waals surface area contributed by atoms with E-state index >= 15 is 0 Å². The van der Waals surface area contributed by atoms with Crippen molar-refractivity contribution < 1.29 is 9.47 Å². The zero-order valence-electron chi connectivity index (χ0n) is 9.59. The van der Waals surface area contributed by atoms with Gasteiger partial charge in [-0.3, -0.25) is 0 Å². The van der Waals surface area contributed by atoms with Crippen LogP contribution in [0.5, 0.6) is 0 Å². The van der Waals surface area contributed by atoms with Gasteiger partial charge in [-0.2, -0.15) is 0 Å². The lowest BCUT2D eigenvalue weighted by Crippen LogP contribution is -2.37. The van der Waals surface area contributed by atoms with E-state index in [1.165, 1.54) is 32.1 Å². The van der Waals surface area contributed by atoms with Gasteiger partial charge >= 0.3 is 0 Å². The Morgan fingerprint density at radius 1 is 0.733 bits per heavy atom. The molecule has 2 aliphatic rings. The van der Waals surface area contributed by atoms with Gasteiger partial charge in [0.15, 0.2) is 5.79 Å². The topological polar surface area (TPSA) is 30.5 Å². The van der Waals surface area contributed by atoms with Crippen LogP contribution in [0.15, 0.2) is 0 Å². The summed E-state index contributed by atoms with van der Waals surface area (Å²) in [5, 5.41) is 3.41. The van der Waals surface area contributed by atoms with Crippen LogP contribution in [0, 0.1) is 0 Å². The first-order valence-corrected chi connectivity index (χ1v) is 6.40. The molecule has 0 aliphatic carbocycles. The van der Waals surface area contributed by atoms with Gasteiger partial charge in [0.1, 0.15) is 0 Å². The van der Waals surface area contributed by atoms with Gasteiger partial charge < -0.3 is 14.8 Å². The smallest absolute Gasteiger partial charge is 0.169 e. The molecule has 2 fully saturated rings. The molecule has 0 radical (unpaired) electrons. The highest BCUT2D eigenvalue weighted by molar-refractivity contribution is 4.76. The summed E-state index contributed by atoms with van der Waals surface area (Å²) in [7, 11) is 0. The molecule has 3 nitrogen and oxygen atoms in total. The van der Waals surface area contributed by atoms with Crippen molar-refractivity contribution in [2.45, 2.75) is 50.7 Å². The first-order chi connectivity index (χ1) is 7.41. The van der Waals surface area contributed by atoms with Crippen molar-refractivity contribution in [1.29, 1.82) is 0 Å². The van der Waals surface area contributed by atoms with Crippen LogP contribution in [0.3, 0.4) is 0 Å². The fourth-order valence-electron chi connectivity index (χ4n) is 2.42. The fourth-order valence-corrected chi connectivity index (χ4v) is 2.42. The monoisotopic (exact) mass is 213 g/mol. The molecule has 0 amide bonds. The molecule has 2 rings (SSSR count). The SMILES string of the molecule is C1CCCOC2(CCCNCC2)OCC1. The maximum atomic E-state index is 6.01. The Morgan fingerprint density at radius 3 is 2.20 bits per heavy atom. The summed E-state index contributed by atoms with van der Waals surface area (Å²) in [4.78, 5) is 0. The van der Waals surface area contributed by atoms with E-state index in [1.54, 1.807) is 0 Å². The fraction of sp³-hybridized carbons (Fsp3) is 1.00. The lowest BCUT2D eigenvalue weighted by Gasteiger charge is -2.32. The first-order valence-electron chi connectivity index (χ1n) is 6.40. The largest absolute Gasteiger partial charge is 0.350 e. The first kappa shape index (κ1) is 11.4. The molecule has 1 N–H and O–H groups in total. The van der Waals surface area contributed by atoms with Crippen molar-refractivity contribution in [1.82, 2.24) is 5.32 Å². The van der Waals surface area contributed by atoms with Gasteiger partial charge in [0.25, 0.3) is 0 Å². The summed E-state index contributed by atoms with van der Waals surface area (Å²) in [6.45, 7) is 3.88. The predicted molar refractivity (Wildman–Crippen MR) is 59.8 cm³/mol. The van der Waals surface area contributed by atoms with Gasteiger partial charge in [-0.25, -0.2) is 0 Å². The van der Waals surface area contributed by atoms with Crippen molar-refractivity contribution in [2.75, 3.05) is 26.3 Å². The summed E-state index contributed by atoms with van der Waals surface area (Å²) in [6, 6.07) is 0. The summed E-state index contributed by atoms with van der Waals surface area (Å²) in [6.07, 6.45) is 8.19. The van der Waals surface area contributed by atoms with E-state index in [0.29, 0.717) is 0 Å². The lowest BCUT2D eigenvalue weighted by molar-refractivity contribution is -0.241. The van der Waals surface area contributed by atoms with Crippen LogP contribution in [0.4, 0.5) is 0 Å². The number of rotatable bonds is 0. The third-order valence-electron chi connectivity index (χ3n) is 3.36. The molecule has 88 valence electrons. The molecule has 0 bridgehead atoms. The van der Waals surface area contributed by atoms with Crippen LogP contribution in [-0.4, -0.2) is 32.1 Å². The lowest BCUT2D eigenvalue weighted by atomic mass is 10.1. The van der Waals surface area contributed by atoms with Crippen molar-refractivity contribution in [2.24, 2.45) is 0 Å². The molecule has 0 saturated carbocycles. The Labute approximate surface area is 92.5 Å². The molecule has 0 atom stereocenters. The van der Waals surface area contributed by atoms with E-state index in [0.717, 1.165) is 39.1 Å². The molecule has 0 aromatic heterocycles. The minimum Gasteiger partial charge on any atom is -0.350 e. The van der Waals surface area contributed by atoms with Crippen LogP contribution in [0.1, 0.15) is 44.9 Å². The van der Waals surface area contributed by atoms with Gasteiger partial charge in [0.2, 0.25) is 0 Å². The minimum absolute atomic E-state index is 0.256. The van der Waals surface area contributed by atoms with Crippen molar-refractivity contribution >= 4 is 0 Å². The second-order valence-corrected chi connectivity index (χ2v) is 4.63. The molecular weight excluding hydrogens is 190 g/mol. The summed E-state index contributed by atoms with van der Waals surface area (Å²) >= 11 is 0. The Balaban J connectivity index is 1.93. The van der Waals surface area contributed by atoms with Crippen LogP contribution in [-0.2, 0) is 9.47 Å². The van der Waals surface area contributed by atoms with Gasteiger partial charge in [0, 0.05) is 19.4 Å². The quantitative estimate of drug-likeness (QED) is 0.668. The van der Waals surface area contributed by atoms with Crippen LogP contribution in [0.25, 0.3) is 0 Å². The van der Waals surface area contributed by atoms with E-state index in [2.05, 4.69) is 5.32 Å². The Bertz CT molecular complexity index is 164. The molecule has 1 spiro atoms. The molecular formula is C12H23NO2. The standard InChI is InChI=1S/C12H23NO2/c1-2-4-11-15-12(14-10-3-1)6-5-8-13-9-7-12/h13H,1-11H2. The molecule has 2 heterocycles. The van der Waals surface area contributed by atoms with Gasteiger partial charge in [-0.05, 0) is 25.8 Å². The van der Waals surface area contributed by atoms with Crippen LogP contribution < -0.4 is 5.32 Å². The Kier molecular flexibility index (Phi) is 4.42. The maximum absolute atomic E-state index is 6.01. The van der Waals surface area contributed by atoms with E-state index in [9.17, 15) is 0 Å². The van der Waals surface area contributed by atoms with Gasteiger partial charge in [-0.15, -0.1) is 0 Å². The van der Waals surface area contributed by atoms with Gasteiger partial charge in [0.05, 0.1) is 13.2 Å². The average molecular weight is 213 g/mol. The zero-order chi connectivity index (χ0) is 10.4. The third kappa shape index (κ3) is 3.44. The van der Waals surface area contributed by atoms with Crippen molar-refractivity contribution in [3.05, 3.63) is 0 Å². The highest BCUT2D eigenvalue weighted by Gasteiger charge is 2.32. The summed E-state index contributed by atoms with van der Waals surface area (Å²) < 4.78 is 12.0. The van der Waals surface area contributed by atoms with E-state index in [-0.39, 0.29) is 5.79 Å². The normalized spacial score (nSPS) is 28.8. The van der Waals surface area contributed by atoms with E-state index in [4.69, 9.17) is 9.47 Å². The molecule has 3 heteroatoms. The predicted octanol–water partition coefficient (Wildman–Crippen LogP) is 2.06. The second kappa shape index (κ2) is 5.83. The zero-order valence-corrected chi connectivity index (χ0v) is 9.59. The third-order valence-corrected chi connectivity index (χ3v) is 3.36. The molecule has 2 saturated heterocycles. The van der Waals surface area contributed by atoms with Crippen molar-refractivity contribution in [3.63, 3.8) is 0 Å². The molecule has 0 aromatic carbocycles. The highest BCUT2D eigenvalue weighted by atomic mass is 16.7. The Hall–Kier alpha value is -0.120. The average Bonchev–Trinajstić information content (AvgIpc) is 2.40. The summed E-state index contributed by atoms with van der Waals surface area (Å²) in [5.74, 6) is -0.256. The summed E-state index contributed by atoms with van der Waals surface area (Å²) in [5.41, 5.74) is 0. The molecule has 2 aliphatic heterocycles. The molecule has 0 aromatic rings. The minimum atomic E-state index is -0.256. The van der Waals surface area contributed by atoms with Crippen LogP contribution >= 0.6 is 0 Å². The number of nitrogens with one attached hydrogen (secondary N) is 1. The van der Waals surface area contributed by atoms with E-state index < -0.39 is 0 Å². The highest BCUT2D eigenvalue weighted by Crippen LogP contribution is 2.27. The second-order valence-electron chi connectivity index (χ2n) is 4.63. The van der Waals surface area contributed by atoms with Gasteiger partial charge in [-0.1, -0.05) is 12.8 Å².